The van der Waals surface area contributed by atoms with Crippen molar-refractivity contribution >= 4 is 44.7 Å². The first-order valence-electron chi connectivity index (χ1n) is 12.1. The fourth-order valence-electron chi connectivity index (χ4n) is 4.67. The van der Waals surface area contributed by atoms with Gasteiger partial charge in [-0.15, -0.1) is 16.4 Å². The third-order valence-corrected chi connectivity index (χ3v) is 8.58. The van der Waals surface area contributed by atoms with Crippen molar-refractivity contribution in [1.29, 1.82) is 0 Å². The van der Waals surface area contributed by atoms with Gasteiger partial charge in [0.2, 0.25) is 0 Å². The molecule has 0 N–H and O–H groups in total. The molecular weight excluding hydrogens is 513 g/mol. The lowest BCUT2D eigenvalue weighted by molar-refractivity contribution is 0.129. The predicted octanol–water partition coefficient (Wildman–Crippen LogP) is 3.75. The van der Waals surface area contributed by atoms with Crippen LogP contribution in [0.25, 0.3) is 16.9 Å². The number of thiazole rings is 1. The van der Waals surface area contributed by atoms with E-state index in [-0.39, 0.29) is 11.9 Å². The molecule has 1 saturated heterocycles. The summed E-state index contributed by atoms with van der Waals surface area (Å²) in [5, 5.41) is 7.76. The van der Waals surface area contributed by atoms with Crippen LogP contribution in [-0.4, -0.2) is 80.8 Å². The number of methoxy groups -OCH3 is 1. The van der Waals surface area contributed by atoms with Gasteiger partial charge in [0.05, 0.1) is 35.0 Å². The number of aryl methyl sites for hydroxylation is 1. The molecule has 3 aromatic heterocycles. The van der Waals surface area contributed by atoms with E-state index >= 15 is 0 Å². The molecule has 4 aromatic rings. The molecule has 5 rings (SSSR count). The largest absolute Gasteiger partial charge is 0.383 e. The van der Waals surface area contributed by atoms with Gasteiger partial charge in [-0.3, -0.25) is 0 Å². The summed E-state index contributed by atoms with van der Waals surface area (Å²) < 4.78 is 34.8. The number of benzene rings is 1. The molecule has 2 atom stereocenters. The highest BCUT2D eigenvalue weighted by Crippen LogP contribution is 2.34. The average Bonchev–Trinajstić information content (AvgIpc) is 3.53. The van der Waals surface area contributed by atoms with Crippen LogP contribution in [0.1, 0.15) is 12.6 Å². The molecule has 1 aromatic carbocycles. The second kappa shape index (κ2) is 10.8. The van der Waals surface area contributed by atoms with Gasteiger partial charge >= 0.3 is 0 Å². The van der Waals surface area contributed by atoms with E-state index in [9.17, 15) is 8.60 Å². The highest BCUT2D eigenvalue weighted by molar-refractivity contribution is 7.81. The number of anilines is 3. The second-order valence-corrected chi connectivity index (χ2v) is 11.1. The minimum atomic E-state index is -1.06. The van der Waals surface area contributed by atoms with Crippen LogP contribution in [0.5, 0.6) is 0 Å². The predicted molar refractivity (Wildman–Crippen MR) is 147 cm³/mol. The maximum atomic E-state index is 13.4. The Balaban J connectivity index is 1.47. The Bertz CT molecular complexity index is 1410. The molecule has 0 aliphatic carbocycles. The van der Waals surface area contributed by atoms with Gasteiger partial charge in [-0.1, -0.05) is 6.92 Å². The lowest BCUT2D eigenvalue weighted by Crippen LogP contribution is -2.55. The molecule has 1 aliphatic heterocycles. The van der Waals surface area contributed by atoms with Crippen LogP contribution in [0.2, 0.25) is 0 Å². The lowest BCUT2D eigenvalue weighted by Gasteiger charge is -2.40. The van der Waals surface area contributed by atoms with Crippen LogP contribution in [0.4, 0.5) is 21.2 Å². The molecule has 37 heavy (non-hydrogen) atoms. The van der Waals surface area contributed by atoms with Gasteiger partial charge in [0, 0.05) is 51.0 Å². The molecule has 0 spiro atoms. The minimum absolute atomic E-state index is 0.0124. The smallest absolute Gasteiger partial charge is 0.191 e. The fraction of sp³-hybridized carbons (Fsp3) is 0.400. The quantitative estimate of drug-likeness (QED) is 0.335. The van der Waals surface area contributed by atoms with Crippen LogP contribution >= 0.6 is 11.3 Å². The standard InChI is InChI=1S/C25H30FN7O2S2/c1-5-20-24(30(2)25-28-21(16-36-25)17-6-8-18(26)9-7-17)33-22(27-20)10-11-23(29-33)31-12-13-32(37(4)34)19(14-31)15-35-3/h6-11,16,19H,5,12-15H2,1-4H3/t19-,37?/m0/s1. The van der Waals surface area contributed by atoms with Crippen molar-refractivity contribution < 1.29 is 13.3 Å². The summed E-state index contributed by atoms with van der Waals surface area (Å²) in [5.41, 5.74) is 3.35. The molecule has 0 saturated carbocycles. The molecule has 196 valence electrons. The van der Waals surface area contributed by atoms with Crippen molar-refractivity contribution in [3.05, 3.63) is 53.3 Å². The van der Waals surface area contributed by atoms with Gasteiger partial charge in [0.15, 0.2) is 16.6 Å². The van der Waals surface area contributed by atoms with Gasteiger partial charge in [-0.25, -0.2) is 22.9 Å². The first-order valence-corrected chi connectivity index (χ1v) is 14.5. The third kappa shape index (κ3) is 5.11. The van der Waals surface area contributed by atoms with Crippen molar-refractivity contribution in [2.45, 2.75) is 19.4 Å². The Kier molecular flexibility index (Phi) is 7.52. The molecule has 12 heteroatoms. The van der Waals surface area contributed by atoms with Crippen LogP contribution < -0.4 is 9.80 Å². The number of halogens is 1. The molecule has 1 fully saturated rings. The zero-order valence-corrected chi connectivity index (χ0v) is 22.9. The number of rotatable bonds is 8. The molecule has 1 aliphatic rings. The summed E-state index contributed by atoms with van der Waals surface area (Å²) in [6.07, 6.45) is 2.45. The Hall–Kier alpha value is -2.93. The highest BCUT2D eigenvalue weighted by Gasteiger charge is 2.30. The number of nitrogens with zero attached hydrogens (tertiary/aromatic N) is 7. The van der Waals surface area contributed by atoms with Crippen molar-refractivity contribution in [2.24, 2.45) is 0 Å². The first kappa shape index (κ1) is 25.7. The van der Waals surface area contributed by atoms with Gasteiger partial charge in [-0.05, 0) is 42.8 Å². The number of imidazole rings is 1. The summed E-state index contributed by atoms with van der Waals surface area (Å²) >= 11 is 1.52. The Morgan fingerprint density at radius 1 is 1.19 bits per heavy atom. The van der Waals surface area contributed by atoms with E-state index in [1.807, 2.05) is 38.3 Å². The SMILES string of the molecule is CCc1nc2ccc(N3CCN(S(C)=O)[C@H](COC)C3)nn2c1N(C)c1nc(-c2ccc(F)cc2)cs1. The van der Waals surface area contributed by atoms with Crippen molar-refractivity contribution in [3.8, 4) is 11.3 Å². The monoisotopic (exact) mass is 543 g/mol. The third-order valence-electron chi connectivity index (χ3n) is 6.52. The number of aromatic nitrogens is 4. The molecule has 0 radical (unpaired) electrons. The van der Waals surface area contributed by atoms with Gasteiger partial charge in [0.25, 0.3) is 0 Å². The minimum Gasteiger partial charge on any atom is -0.383 e. The summed E-state index contributed by atoms with van der Waals surface area (Å²) in [6, 6.07) is 10.3. The maximum absolute atomic E-state index is 13.4. The molecule has 1 unspecified atom stereocenters. The summed E-state index contributed by atoms with van der Waals surface area (Å²) in [7, 11) is 2.57. The summed E-state index contributed by atoms with van der Waals surface area (Å²) in [4.78, 5) is 13.9. The molecular formula is C25H30FN7O2S2. The number of hydrogen-bond acceptors (Lipinski definition) is 8. The van der Waals surface area contributed by atoms with E-state index in [1.54, 1.807) is 25.5 Å². The first-order chi connectivity index (χ1) is 17.9. The lowest BCUT2D eigenvalue weighted by atomic mass is 10.2. The molecule has 0 bridgehead atoms. The molecule has 4 heterocycles. The van der Waals surface area contributed by atoms with Crippen molar-refractivity contribution in [3.63, 3.8) is 0 Å². The summed E-state index contributed by atoms with van der Waals surface area (Å²) in [6.45, 7) is 4.62. The fourth-order valence-corrected chi connectivity index (χ4v) is 6.36. The molecule has 9 nitrogen and oxygen atoms in total. The maximum Gasteiger partial charge on any atom is 0.191 e. The topological polar surface area (TPSA) is 79.1 Å². The highest BCUT2D eigenvalue weighted by atomic mass is 32.2. The van der Waals surface area contributed by atoms with E-state index < -0.39 is 11.0 Å². The van der Waals surface area contributed by atoms with E-state index in [0.717, 1.165) is 45.8 Å². The van der Waals surface area contributed by atoms with Gasteiger partial charge in [0.1, 0.15) is 11.6 Å². The normalized spacial score (nSPS) is 17.4. The number of ether oxygens (including phenoxy) is 1. The van der Waals surface area contributed by atoms with E-state index in [4.69, 9.17) is 19.8 Å². The Labute approximate surface area is 222 Å². The van der Waals surface area contributed by atoms with Crippen LogP contribution in [0.15, 0.2) is 41.8 Å². The summed E-state index contributed by atoms with van der Waals surface area (Å²) in [5.74, 6) is 1.42. The van der Waals surface area contributed by atoms with Crippen molar-refractivity contribution in [2.75, 3.05) is 56.5 Å². The van der Waals surface area contributed by atoms with Gasteiger partial charge in [-0.2, -0.15) is 4.52 Å². The second-order valence-electron chi connectivity index (χ2n) is 8.90. The van der Waals surface area contributed by atoms with E-state index in [2.05, 4.69) is 11.8 Å². The zero-order chi connectivity index (χ0) is 26.1. The molecule has 0 amide bonds. The van der Waals surface area contributed by atoms with Gasteiger partial charge < -0.3 is 14.5 Å². The van der Waals surface area contributed by atoms with Crippen LogP contribution in [-0.2, 0) is 22.1 Å². The van der Waals surface area contributed by atoms with Crippen molar-refractivity contribution in [1.82, 2.24) is 23.9 Å². The number of piperazine rings is 1. The number of hydrogen-bond donors (Lipinski definition) is 0. The zero-order valence-electron chi connectivity index (χ0n) is 21.3. The van der Waals surface area contributed by atoms with Crippen LogP contribution in [0.3, 0.4) is 0 Å². The Morgan fingerprint density at radius 2 is 1.97 bits per heavy atom. The van der Waals surface area contributed by atoms with E-state index in [0.29, 0.717) is 26.2 Å². The number of fused-ring (bicyclic) bond motifs is 1. The van der Waals surface area contributed by atoms with E-state index in [1.165, 1.54) is 23.5 Å². The van der Waals surface area contributed by atoms with Crippen LogP contribution in [0, 0.1) is 5.82 Å². The average molecular weight is 544 g/mol. The Morgan fingerprint density at radius 3 is 2.68 bits per heavy atom.